The predicted octanol–water partition coefficient (Wildman–Crippen LogP) is 3.06. The molecule has 1 unspecified atom stereocenters. The van der Waals surface area contributed by atoms with Crippen molar-refractivity contribution in [3.63, 3.8) is 0 Å². The Labute approximate surface area is 90.5 Å². The van der Waals surface area contributed by atoms with E-state index in [1.807, 2.05) is 6.92 Å². The summed E-state index contributed by atoms with van der Waals surface area (Å²) in [5.74, 6) is 0. The quantitative estimate of drug-likeness (QED) is 0.772. The van der Waals surface area contributed by atoms with Gasteiger partial charge in [0.2, 0.25) is 0 Å². The lowest BCUT2D eigenvalue weighted by Gasteiger charge is -2.05. The number of rotatable bonds is 2. The van der Waals surface area contributed by atoms with E-state index >= 15 is 0 Å². The Hall–Kier alpha value is -1.28. The van der Waals surface area contributed by atoms with Crippen molar-refractivity contribution in [2.75, 3.05) is 0 Å². The zero-order valence-corrected chi connectivity index (χ0v) is 9.59. The highest BCUT2D eigenvalue weighted by atomic mass is 14.7. The Morgan fingerprint density at radius 3 is 2.73 bits per heavy atom. The first kappa shape index (κ1) is 10.2. The van der Waals surface area contributed by atoms with Gasteiger partial charge < -0.3 is 10.7 Å². The number of benzene rings is 1. The minimum Gasteiger partial charge on any atom is -0.358 e. The number of fused-ring (bicyclic) bond motifs is 1. The van der Waals surface area contributed by atoms with Crippen LogP contribution in [-0.2, 0) is 6.42 Å². The van der Waals surface area contributed by atoms with E-state index in [0.717, 1.165) is 6.42 Å². The van der Waals surface area contributed by atoms with Crippen LogP contribution in [0.3, 0.4) is 0 Å². The third-order valence-corrected chi connectivity index (χ3v) is 2.99. The van der Waals surface area contributed by atoms with Gasteiger partial charge in [-0.1, -0.05) is 25.1 Å². The zero-order valence-electron chi connectivity index (χ0n) is 9.59. The fourth-order valence-corrected chi connectivity index (χ4v) is 2.31. The number of nitrogens with one attached hydrogen (secondary N) is 1. The van der Waals surface area contributed by atoms with Crippen LogP contribution in [0.5, 0.6) is 0 Å². The maximum Gasteiger partial charge on any atom is 0.0491 e. The molecule has 1 atom stereocenters. The van der Waals surface area contributed by atoms with Crippen LogP contribution in [0.15, 0.2) is 18.2 Å². The van der Waals surface area contributed by atoms with Gasteiger partial charge in [0.1, 0.15) is 0 Å². The van der Waals surface area contributed by atoms with Gasteiger partial charge in [-0.05, 0) is 31.4 Å². The Morgan fingerprint density at radius 2 is 2.13 bits per heavy atom. The molecule has 0 aliphatic heterocycles. The van der Waals surface area contributed by atoms with Crippen molar-refractivity contribution in [3.8, 4) is 0 Å². The number of hydrogen-bond donors (Lipinski definition) is 2. The largest absolute Gasteiger partial charge is 0.358 e. The molecule has 80 valence electrons. The first-order valence-electron chi connectivity index (χ1n) is 5.50. The number of para-hydroxylation sites is 1. The van der Waals surface area contributed by atoms with Crippen LogP contribution < -0.4 is 5.73 Å². The molecule has 2 rings (SSSR count). The molecule has 0 saturated heterocycles. The smallest absolute Gasteiger partial charge is 0.0491 e. The van der Waals surface area contributed by atoms with Gasteiger partial charge in [0.25, 0.3) is 0 Å². The number of aryl methyl sites for hydroxylation is 2. The molecule has 0 spiro atoms. The molecule has 0 aliphatic carbocycles. The minimum absolute atomic E-state index is 0.0888. The molecule has 0 aliphatic rings. The van der Waals surface area contributed by atoms with Crippen LogP contribution in [0.25, 0.3) is 10.9 Å². The lowest BCUT2D eigenvalue weighted by Crippen LogP contribution is -2.05. The number of hydrogen-bond acceptors (Lipinski definition) is 1. The molecule has 2 nitrogen and oxygen atoms in total. The van der Waals surface area contributed by atoms with Crippen molar-refractivity contribution in [1.82, 2.24) is 4.98 Å². The molecule has 1 aromatic heterocycles. The number of nitrogens with two attached hydrogens (primary N) is 1. The van der Waals surface area contributed by atoms with Gasteiger partial charge in [-0.25, -0.2) is 0 Å². The van der Waals surface area contributed by atoms with Crippen molar-refractivity contribution >= 4 is 10.9 Å². The summed E-state index contributed by atoms with van der Waals surface area (Å²) in [5, 5.41) is 1.28. The molecule has 15 heavy (non-hydrogen) atoms. The monoisotopic (exact) mass is 202 g/mol. The molecule has 0 radical (unpaired) electrons. The van der Waals surface area contributed by atoms with Crippen LogP contribution in [0.2, 0.25) is 0 Å². The highest BCUT2D eigenvalue weighted by molar-refractivity contribution is 5.87. The van der Waals surface area contributed by atoms with E-state index in [2.05, 4.69) is 37.0 Å². The van der Waals surface area contributed by atoms with Crippen molar-refractivity contribution < 1.29 is 0 Å². The van der Waals surface area contributed by atoms with Crippen molar-refractivity contribution in [1.29, 1.82) is 0 Å². The second-order valence-electron chi connectivity index (χ2n) is 4.15. The average Bonchev–Trinajstić information content (AvgIpc) is 2.53. The molecule has 0 fully saturated rings. The van der Waals surface area contributed by atoms with Crippen molar-refractivity contribution in [2.45, 2.75) is 33.2 Å². The summed E-state index contributed by atoms with van der Waals surface area (Å²) in [4.78, 5) is 3.45. The SMILES string of the molecule is CCc1cccc2c(C(C)N)c(C)[nH]c12. The van der Waals surface area contributed by atoms with E-state index in [4.69, 9.17) is 5.73 Å². The Balaban J connectivity index is 2.78. The van der Waals surface area contributed by atoms with Gasteiger partial charge in [-0.15, -0.1) is 0 Å². The molecule has 1 heterocycles. The first-order valence-corrected chi connectivity index (χ1v) is 5.50. The molecular formula is C13H18N2. The fraction of sp³-hybridized carbons (Fsp3) is 0.385. The summed E-state index contributed by atoms with van der Waals surface area (Å²) in [6.07, 6.45) is 1.05. The van der Waals surface area contributed by atoms with Gasteiger partial charge in [-0.2, -0.15) is 0 Å². The fourth-order valence-electron chi connectivity index (χ4n) is 2.31. The van der Waals surface area contributed by atoms with Crippen LogP contribution in [0.1, 0.15) is 36.7 Å². The summed E-state index contributed by atoms with van der Waals surface area (Å²) in [6.45, 7) is 6.31. The first-order chi connectivity index (χ1) is 7.15. The van der Waals surface area contributed by atoms with E-state index in [0.29, 0.717) is 0 Å². The molecular weight excluding hydrogens is 184 g/mol. The molecule has 0 saturated carbocycles. The van der Waals surface area contributed by atoms with E-state index in [1.165, 1.54) is 27.7 Å². The Kier molecular flexibility index (Phi) is 2.53. The van der Waals surface area contributed by atoms with Gasteiger partial charge in [0.05, 0.1) is 0 Å². The molecule has 0 bridgehead atoms. The predicted molar refractivity (Wildman–Crippen MR) is 65.0 cm³/mol. The van der Waals surface area contributed by atoms with Crippen molar-refractivity contribution in [2.24, 2.45) is 5.73 Å². The second kappa shape index (κ2) is 3.70. The van der Waals surface area contributed by atoms with Crippen LogP contribution in [-0.4, -0.2) is 4.98 Å². The summed E-state index contributed by atoms with van der Waals surface area (Å²) in [7, 11) is 0. The average molecular weight is 202 g/mol. The van der Waals surface area contributed by atoms with Gasteiger partial charge >= 0.3 is 0 Å². The molecule has 3 N–H and O–H groups in total. The Bertz CT molecular complexity index is 480. The summed E-state index contributed by atoms with van der Waals surface area (Å²) in [5.41, 5.74) is 11.1. The zero-order chi connectivity index (χ0) is 11.0. The Morgan fingerprint density at radius 1 is 1.40 bits per heavy atom. The molecule has 2 aromatic rings. The third-order valence-electron chi connectivity index (χ3n) is 2.99. The lowest BCUT2D eigenvalue weighted by atomic mass is 10.0. The molecule has 0 amide bonds. The molecule has 2 heteroatoms. The van der Waals surface area contributed by atoms with Crippen LogP contribution in [0.4, 0.5) is 0 Å². The standard InChI is InChI=1S/C13H18N2/c1-4-10-6-5-7-11-12(8(2)14)9(3)15-13(10)11/h5-8,15H,4,14H2,1-3H3. The van der Waals surface area contributed by atoms with Crippen molar-refractivity contribution in [3.05, 3.63) is 35.0 Å². The third kappa shape index (κ3) is 1.55. The van der Waals surface area contributed by atoms with Crippen LogP contribution in [0, 0.1) is 6.92 Å². The highest BCUT2D eigenvalue weighted by Gasteiger charge is 2.12. The summed E-state index contributed by atoms with van der Waals surface area (Å²) < 4.78 is 0. The number of aromatic amines is 1. The maximum atomic E-state index is 6.00. The van der Waals surface area contributed by atoms with E-state index < -0.39 is 0 Å². The van der Waals surface area contributed by atoms with Gasteiger partial charge in [0.15, 0.2) is 0 Å². The molecule has 1 aromatic carbocycles. The van der Waals surface area contributed by atoms with E-state index in [-0.39, 0.29) is 6.04 Å². The van der Waals surface area contributed by atoms with Crippen LogP contribution >= 0.6 is 0 Å². The lowest BCUT2D eigenvalue weighted by molar-refractivity contribution is 0.817. The van der Waals surface area contributed by atoms with Gasteiger partial charge in [0, 0.05) is 22.6 Å². The maximum absolute atomic E-state index is 6.00. The minimum atomic E-state index is 0.0888. The van der Waals surface area contributed by atoms with E-state index in [1.54, 1.807) is 0 Å². The number of aromatic nitrogens is 1. The summed E-state index contributed by atoms with van der Waals surface area (Å²) >= 11 is 0. The number of H-pyrrole nitrogens is 1. The summed E-state index contributed by atoms with van der Waals surface area (Å²) in [6, 6.07) is 6.52. The topological polar surface area (TPSA) is 41.8 Å². The van der Waals surface area contributed by atoms with E-state index in [9.17, 15) is 0 Å². The van der Waals surface area contributed by atoms with Gasteiger partial charge in [-0.3, -0.25) is 0 Å². The second-order valence-corrected chi connectivity index (χ2v) is 4.15. The highest BCUT2D eigenvalue weighted by Crippen LogP contribution is 2.28. The normalized spacial score (nSPS) is 13.3.